The van der Waals surface area contributed by atoms with Gasteiger partial charge in [0.2, 0.25) is 0 Å². The Kier molecular flexibility index (Phi) is 1.66. The predicted octanol–water partition coefficient (Wildman–Crippen LogP) is 2.59. The molecule has 0 aliphatic carbocycles. The number of benzene rings is 1. The first-order valence-electron chi connectivity index (χ1n) is 5.05. The Hall–Kier alpha value is -1.57. The Morgan fingerprint density at radius 3 is 3.21 bits per heavy atom. The lowest BCUT2D eigenvalue weighted by Crippen LogP contribution is -2.12. The van der Waals surface area contributed by atoms with Gasteiger partial charge in [-0.2, -0.15) is 0 Å². The summed E-state index contributed by atoms with van der Waals surface area (Å²) in [6.07, 6.45) is 4.23. The van der Waals surface area contributed by atoms with Crippen LogP contribution >= 0.6 is 0 Å². The topological polar surface area (TPSA) is 24.9 Å². The molecule has 1 aromatic heterocycles. The van der Waals surface area contributed by atoms with E-state index in [1.165, 1.54) is 23.1 Å². The average Bonchev–Trinajstić information content (AvgIpc) is 2.29. The van der Waals surface area contributed by atoms with Crippen LogP contribution in [0.5, 0.6) is 0 Å². The highest BCUT2D eigenvalue weighted by Crippen LogP contribution is 2.28. The van der Waals surface area contributed by atoms with Crippen molar-refractivity contribution in [1.29, 1.82) is 0 Å². The molecule has 0 spiro atoms. The molecule has 1 aromatic carbocycles. The molecule has 1 aliphatic heterocycles. The third kappa shape index (κ3) is 1.07. The van der Waals surface area contributed by atoms with Crippen LogP contribution in [0, 0.1) is 0 Å². The van der Waals surface area contributed by atoms with E-state index in [2.05, 4.69) is 28.5 Å². The summed E-state index contributed by atoms with van der Waals surface area (Å²) in [6.45, 7) is 1.09. The van der Waals surface area contributed by atoms with Crippen molar-refractivity contribution in [2.24, 2.45) is 0 Å². The van der Waals surface area contributed by atoms with Gasteiger partial charge in [0.05, 0.1) is 5.52 Å². The van der Waals surface area contributed by atoms with Crippen molar-refractivity contribution in [3.05, 3.63) is 36.0 Å². The van der Waals surface area contributed by atoms with Gasteiger partial charge in [-0.25, -0.2) is 0 Å². The van der Waals surface area contributed by atoms with Crippen molar-refractivity contribution < 1.29 is 0 Å². The molecule has 70 valence electrons. The molecule has 1 N–H and O–H groups in total. The minimum absolute atomic E-state index is 1.09. The van der Waals surface area contributed by atoms with Crippen LogP contribution in [0.1, 0.15) is 12.0 Å². The van der Waals surface area contributed by atoms with Crippen LogP contribution in [-0.2, 0) is 6.42 Å². The number of aryl methyl sites for hydroxylation is 1. The van der Waals surface area contributed by atoms with Gasteiger partial charge in [-0.1, -0.05) is 12.1 Å². The number of hydrogen-bond acceptors (Lipinski definition) is 2. The van der Waals surface area contributed by atoms with E-state index in [1.807, 2.05) is 12.3 Å². The van der Waals surface area contributed by atoms with Gasteiger partial charge in [-0.3, -0.25) is 4.98 Å². The van der Waals surface area contributed by atoms with Gasteiger partial charge in [0.25, 0.3) is 0 Å². The van der Waals surface area contributed by atoms with E-state index < -0.39 is 0 Å². The molecule has 14 heavy (non-hydrogen) atoms. The van der Waals surface area contributed by atoms with Crippen molar-refractivity contribution in [2.45, 2.75) is 12.8 Å². The number of rotatable bonds is 0. The smallest absolute Gasteiger partial charge is 0.0754 e. The van der Waals surface area contributed by atoms with Gasteiger partial charge in [-0.05, 0) is 25.0 Å². The second kappa shape index (κ2) is 2.98. The van der Waals surface area contributed by atoms with Gasteiger partial charge >= 0.3 is 0 Å². The Labute approximate surface area is 83.0 Å². The fraction of sp³-hybridized carbons (Fsp3) is 0.250. The monoisotopic (exact) mass is 184 g/mol. The number of fused-ring (bicyclic) bond motifs is 3. The Morgan fingerprint density at radius 2 is 2.21 bits per heavy atom. The second-order valence-electron chi connectivity index (χ2n) is 3.70. The largest absolute Gasteiger partial charge is 0.385 e. The molecule has 1 aliphatic rings. The standard InChI is InChI=1S/C12H12N2/c1-3-9-5-6-11-10(4-2-7-13-11)12(9)14-8-1/h1,3,5-6,8,13H,2,4,7H2. The third-order valence-corrected chi connectivity index (χ3v) is 2.80. The second-order valence-corrected chi connectivity index (χ2v) is 3.70. The summed E-state index contributed by atoms with van der Waals surface area (Å²) in [4.78, 5) is 4.45. The highest BCUT2D eigenvalue weighted by atomic mass is 14.9. The molecular weight excluding hydrogens is 172 g/mol. The maximum Gasteiger partial charge on any atom is 0.0754 e. The lowest BCUT2D eigenvalue weighted by atomic mass is 10.00. The molecule has 0 fully saturated rings. The van der Waals surface area contributed by atoms with E-state index in [4.69, 9.17) is 0 Å². The van der Waals surface area contributed by atoms with Gasteiger partial charge in [0, 0.05) is 29.4 Å². The van der Waals surface area contributed by atoms with E-state index in [-0.39, 0.29) is 0 Å². The Balaban J connectivity index is 2.34. The molecule has 2 heteroatoms. The fourth-order valence-electron chi connectivity index (χ4n) is 2.11. The molecule has 0 amide bonds. The lowest BCUT2D eigenvalue weighted by molar-refractivity contribution is 0.834. The Bertz CT molecular complexity index is 477. The van der Waals surface area contributed by atoms with Crippen molar-refractivity contribution in [3.8, 4) is 0 Å². The molecule has 0 saturated heterocycles. The molecule has 0 atom stereocenters. The van der Waals surface area contributed by atoms with E-state index in [0.29, 0.717) is 0 Å². The van der Waals surface area contributed by atoms with Crippen LogP contribution in [0.4, 0.5) is 5.69 Å². The molecule has 0 unspecified atom stereocenters. The number of pyridine rings is 1. The summed E-state index contributed by atoms with van der Waals surface area (Å²) >= 11 is 0. The molecule has 2 heterocycles. The summed E-state index contributed by atoms with van der Waals surface area (Å²) in [5.74, 6) is 0. The van der Waals surface area contributed by atoms with Crippen LogP contribution in [-0.4, -0.2) is 11.5 Å². The molecule has 3 rings (SSSR count). The number of aromatic nitrogens is 1. The highest BCUT2D eigenvalue weighted by molar-refractivity contribution is 5.87. The first kappa shape index (κ1) is 7.80. The third-order valence-electron chi connectivity index (χ3n) is 2.80. The minimum Gasteiger partial charge on any atom is -0.385 e. The van der Waals surface area contributed by atoms with Crippen LogP contribution < -0.4 is 5.32 Å². The van der Waals surface area contributed by atoms with E-state index in [9.17, 15) is 0 Å². The highest BCUT2D eigenvalue weighted by Gasteiger charge is 2.11. The summed E-state index contributed by atoms with van der Waals surface area (Å²) in [5, 5.41) is 4.66. The van der Waals surface area contributed by atoms with Crippen molar-refractivity contribution >= 4 is 16.6 Å². The normalized spacial score (nSPS) is 14.9. The molecule has 0 bridgehead atoms. The predicted molar refractivity (Wildman–Crippen MR) is 58.6 cm³/mol. The average molecular weight is 184 g/mol. The number of nitrogens with one attached hydrogen (secondary N) is 1. The minimum atomic E-state index is 1.09. The van der Waals surface area contributed by atoms with Crippen LogP contribution in [0.2, 0.25) is 0 Å². The first-order chi connectivity index (χ1) is 6.95. The van der Waals surface area contributed by atoms with Crippen molar-refractivity contribution in [3.63, 3.8) is 0 Å². The van der Waals surface area contributed by atoms with Crippen LogP contribution in [0.25, 0.3) is 10.9 Å². The zero-order chi connectivity index (χ0) is 9.38. The summed E-state index contributed by atoms with van der Waals surface area (Å²) < 4.78 is 0. The van der Waals surface area contributed by atoms with Gasteiger partial charge in [0.15, 0.2) is 0 Å². The Morgan fingerprint density at radius 1 is 1.21 bits per heavy atom. The first-order valence-corrected chi connectivity index (χ1v) is 5.05. The quantitative estimate of drug-likeness (QED) is 0.680. The summed E-state index contributed by atoms with van der Waals surface area (Å²) in [5.41, 5.74) is 3.81. The summed E-state index contributed by atoms with van der Waals surface area (Å²) in [6, 6.07) is 8.42. The molecule has 2 aromatic rings. The molecule has 0 radical (unpaired) electrons. The summed E-state index contributed by atoms with van der Waals surface area (Å²) in [7, 11) is 0. The van der Waals surface area contributed by atoms with Crippen molar-refractivity contribution in [2.75, 3.05) is 11.9 Å². The van der Waals surface area contributed by atoms with Crippen LogP contribution in [0.15, 0.2) is 30.5 Å². The molecular formula is C12H12N2. The van der Waals surface area contributed by atoms with E-state index in [0.717, 1.165) is 18.5 Å². The molecule has 0 saturated carbocycles. The number of anilines is 1. The van der Waals surface area contributed by atoms with Crippen molar-refractivity contribution in [1.82, 2.24) is 4.98 Å². The van der Waals surface area contributed by atoms with Gasteiger partial charge in [-0.15, -0.1) is 0 Å². The fourth-order valence-corrected chi connectivity index (χ4v) is 2.11. The van der Waals surface area contributed by atoms with E-state index >= 15 is 0 Å². The maximum absolute atomic E-state index is 4.45. The SMILES string of the molecule is c1cnc2c3c(ccc2c1)NCCC3. The van der Waals surface area contributed by atoms with Gasteiger partial charge in [0.1, 0.15) is 0 Å². The lowest BCUT2D eigenvalue weighted by Gasteiger charge is -2.18. The van der Waals surface area contributed by atoms with Crippen LogP contribution in [0.3, 0.4) is 0 Å². The zero-order valence-corrected chi connectivity index (χ0v) is 7.96. The number of hydrogen-bond donors (Lipinski definition) is 1. The molecule has 2 nitrogen and oxygen atoms in total. The van der Waals surface area contributed by atoms with Gasteiger partial charge < -0.3 is 5.32 Å². The maximum atomic E-state index is 4.45. The van der Waals surface area contributed by atoms with E-state index in [1.54, 1.807) is 0 Å². The number of nitrogens with zero attached hydrogens (tertiary/aromatic N) is 1. The zero-order valence-electron chi connectivity index (χ0n) is 7.96.